The SMILES string of the molecule is CCC1CCCCN1C(=O)C1CC(=O)N(c2ccc(Oc3ccccc3)cc2)C1. The lowest BCUT2D eigenvalue weighted by Gasteiger charge is -2.36. The van der Waals surface area contributed by atoms with Crippen LogP contribution < -0.4 is 9.64 Å². The number of likely N-dealkylation sites (tertiary alicyclic amines) is 1. The second-order valence-electron chi connectivity index (χ2n) is 7.90. The number of hydrogen-bond donors (Lipinski definition) is 0. The van der Waals surface area contributed by atoms with Crippen LogP contribution in [-0.2, 0) is 9.59 Å². The number of amides is 2. The third-order valence-electron chi connectivity index (χ3n) is 5.98. The Bertz CT molecular complexity index is 850. The van der Waals surface area contributed by atoms with Crippen LogP contribution >= 0.6 is 0 Å². The Kier molecular flexibility index (Phi) is 5.84. The second kappa shape index (κ2) is 8.68. The predicted molar refractivity (Wildman–Crippen MR) is 113 cm³/mol. The highest BCUT2D eigenvalue weighted by Gasteiger charge is 2.39. The summed E-state index contributed by atoms with van der Waals surface area (Å²) >= 11 is 0. The number of carbonyl (C=O) groups is 2. The molecule has 0 bridgehead atoms. The van der Waals surface area contributed by atoms with Crippen molar-refractivity contribution in [3.63, 3.8) is 0 Å². The van der Waals surface area contributed by atoms with Gasteiger partial charge in [-0.25, -0.2) is 0 Å². The highest BCUT2D eigenvalue weighted by atomic mass is 16.5. The Hall–Kier alpha value is -2.82. The fraction of sp³-hybridized carbons (Fsp3) is 0.417. The molecule has 0 spiro atoms. The zero-order valence-electron chi connectivity index (χ0n) is 16.9. The molecule has 2 aliphatic heterocycles. The van der Waals surface area contributed by atoms with Crippen molar-refractivity contribution in [3.05, 3.63) is 54.6 Å². The molecule has 0 aliphatic carbocycles. The van der Waals surface area contributed by atoms with Crippen molar-refractivity contribution in [2.45, 2.75) is 45.1 Å². The number of para-hydroxylation sites is 1. The first-order valence-electron chi connectivity index (χ1n) is 10.6. The second-order valence-corrected chi connectivity index (χ2v) is 7.90. The van der Waals surface area contributed by atoms with Crippen molar-refractivity contribution in [2.24, 2.45) is 5.92 Å². The van der Waals surface area contributed by atoms with Gasteiger partial charge in [0.25, 0.3) is 0 Å². The Morgan fingerprint density at radius 3 is 2.48 bits per heavy atom. The topological polar surface area (TPSA) is 49.9 Å². The fourth-order valence-corrected chi connectivity index (χ4v) is 4.39. The number of anilines is 1. The van der Waals surface area contributed by atoms with Gasteiger partial charge in [-0.3, -0.25) is 9.59 Å². The van der Waals surface area contributed by atoms with Crippen LogP contribution in [0.4, 0.5) is 5.69 Å². The summed E-state index contributed by atoms with van der Waals surface area (Å²) in [6, 6.07) is 17.4. The van der Waals surface area contributed by atoms with Gasteiger partial charge in [0.15, 0.2) is 0 Å². The van der Waals surface area contributed by atoms with Crippen molar-refractivity contribution in [1.29, 1.82) is 0 Å². The zero-order valence-corrected chi connectivity index (χ0v) is 16.9. The summed E-state index contributed by atoms with van der Waals surface area (Å²) in [5.74, 6) is 1.42. The van der Waals surface area contributed by atoms with Crippen LogP contribution in [-0.4, -0.2) is 35.8 Å². The molecule has 0 radical (unpaired) electrons. The maximum Gasteiger partial charge on any atom is 0.228 e. The quantitative estimate of drug-likeness (QED) is 0.746. The maximum absolute atomic E-state index is 13.1. The molecule has 2 fully saturated rings. The van der Waals surface area contributed by atoms with Gasteiger partial charge in [-0.1, -0.05) is 25.1 Å². The molecule has 29 heavy (non-hydrogen) atoms. The molecule has 2 aromatic rings. The number of piperidine rings is 1. The van der Waals surface area contributed by atoms with Gasteiger partial charge in [-0.15, -0.1) is 0 Å². The van der Waals surface area contributed by atoms with Crippen molar-refractivity contribution in [2.75, 3.05) is 18.0 Å². The van der Waals surface area contributed by atoms with E-state index in [9.17, 15) is 9.59 Å². The van der Waals surface area contributed by atoms with E-state index < -0.39 is 0 Å². The molecule has 5 nitrogen and oxygen atoms in total. The standard InChI is InChI=1S/C24H28N2O3/c1-2-19-8-6-7-15-25(19)24(28)18-16-23(27)26(17-18)20-11-13-22(14-12-20)29-21-9-4-3-5-10-21/h3-5,9-14,18-19H,2,6-8,15-17H2,1H3. The normalized spacial score (nSPS) is 22.0. The van der Waals surface area contributed by atoms with E-state index in [2.05, 4.69) is 6.92 Å². The lowest BCUT2D eigenvalue weighted by molar-refractivity contribution is -0.139. The molecule has 2 aromatic carbocycles. The molecule has 5 heteroatoms. The summed E-state index contributed by atoms with van der Waals surface area (Å²) < 4.78 is 5.82. The summed E-state index contributed by atoms with van der Waals surface area (Å²) in [6.07, 6.45) is 4.62. The summed E-state index contributed by atoms with van der Waals surface area (Å²) in [4.78, 5) is 29.5. The smallest absolute Gasteiger partial charge is 0.228 e. The number of hydrogen-bond acceptors (Lipinski definition) is 3. The van der Waals surface area contributed by atoms with E-state index in [1.54, 1.807) is 4.90 Å². The third-order valence-corrected chi connectivity index (χ3v) is 5.98. The molecule has 0 N–H and O–H groups in total. The van der Waals surface area contributed by atoms with Gasteiger partial charge in [0, 0.05) is 31.2 Å². The van der Waals surface area contributed by atoms with Crippen LogP contribution in [0.3, 0.4) is 0 Å². The lowest BCUT2D eigenvalue weighted by atomic mass is 9.97. The fourth-order valence-electron chi connectivity index (χ4n) is 4.39. The Morgan fingerprint density at radius 2 is 1.76 bits per heavy atom. The molecular formula is C24H28N2O3. The highest BCUT2D eigenvalue weighted by molar-refractivity contribution is 6.00. The summed E-state index contributed by atoms with van der Waals surface area (Å²) in [6.45, 7) is 3.43. The minimum atomic E-state index is -0.241. The van der Waals surface area contributed by atoms with Gasteiger partial charge in [0.1, 0.15) is 11.5 Å². The zero-order chi connectivity index (χ0) is 20.2. The van der Waals surface area contributed by atoms with Crippen molar-refractivity contribution >= 4 is 17.5 Å². The Balaban J connectivity index is 1.42. The molecule has 4 rings (SSSR count). The summed E-state index contributed by atoms with van der Waals surface area (Å²) in [5, 5.41) is 0. The lowest BCUT2D eigenvalue weighted by Crippen LogP contribution is -2.46. The predicted octanol–water partition coefficient (Wildman–Crippen LogP) is 4.62. The third kappa shape index (κ3) is 4.29. The minimum Gasteiger partial charge on any atom is -0.457 e. The average Bonchev–Trinajstić information content (AvgIpc) is 3.16. The Labute approximate surface area is 172 Å². The first kappa shape index (κ1) is 19.5. The molecule has 2 aliphatic rings. The van der Waals surface area contributed by atoms with E-state index in [0.717, 1.165) is 43.0 Å². The molecule has 2 heterocycles. The summed E-state index contributed by atoms with van der Waals surface area (Å²) in [7, 11) is 0. The molecule has 2 amide bonds. The van der Waals surface area contributed by atoms with Crippen LogP contribution in [0.25, 0.3) is 0 Å². The van der Waals surface area contributed by atoms with E-state index in [1.807, 2.05) is 59.5 Å². The number of nitrogens with zero attached hydrogens (tertiary/aromatic N) is 2. The monoisotopic (exact) mass is 392 g/mol. The van der Waals surface area contributed by atoms with Crippen LogP contribution in [0.15, 0.2) is 54.6 Å². The first-order chi connectivity index (χ1) is 14.2. The largest absolute Gasteiger partial charge is 0.457 e. The van der Waals surface area contributed by atoms with E-state index in [1.165, 1.54) is 6.42 Å². The van der Waals surface area contributed by atoms with Gasteiger partial charge in [0.05, 0.1) is 5.92 Å². The number of benzene rings is 2. The number of carbonyl (C=O) groups excluding carboxylic acids is 2. The van der Waals surface area contributed by atoms with Gasteiger partial charge >= 0.3 is 0 Å². The van der Waals surface area contributed by atoms with Crippen molar-refractivity contribution in [1.82, 2.24) is 4.90 Å². The first-order valence-corrected chi connectivity index (χ1v) is 10.6. The summed E-state index contributed by atoms with van der Waals surface area (Å²) in [5.41, 5.74) is 0.816. The van der Waals surface area contributed by atoms with Gasteiger partial charge < -0.3 is 14.5 Å². The van der Waals surface area contributed by atoms with E-state index in [0.29, 0.717) is 19.0 Å². The van der Waals surface area contributed by atoms with E-state index in [-0.39, 0.29) is 17.7 Å². The maximum atomic E-state index is 13.1. The van der Waals surface area contributed by atoms with Gasteiger partial charge in [-0.05, 0) is 62.1 Å². The highest BCUT2D eigenvalue weighted by Crippen LogP contribution is 2.31. The molecule has 2 unspecified atom stereocenters. The van der Waals surface area contributed by atoms with E-state index >= 15 is 0 Å². The van der Waals surface area contributed by atoms with Crippen molar-refractivity contribution in [3.8, 4) is 11.5 Å². The number of ether oxygens (including phenoxy) is 1. The molecule has 0 saturated carbocycles. The van der Waals surface area contributed by atoms with Crippen LogP contribution in [0.1, 0.15) is 39.0 Å². The van der Waals surface area contributed by atoms with Crippen molar-refractivity contribution < 1.29 is 14.3 Å². The molecule has 152 valence electrons. The van der Waals surface area contributed by atoms with E-state index in [4.69, 9.17) is 4.74 Å². The van der Waals surface area contributed by atoms with Gasteiger partial charge in [-0.2, -0.15) is 0 Å². The van der Waals surface area contributed by atoms with Crippen LogP contribution in [0.5, 0.6) is 11.5 Å². The van der Waals surface area contributed by atoms with Crippen LogP contribution in [0, 0.1) is 5.92 Å². The molecule has 0 aromatic heterocycles. The molecule has 2 atom stereocenters. The minimum absolute atomic E-state index is 0.0186. The number of rotatable bonds is 5. The molecule has 2 saturated heterocycles. The van der Waals surface area contributed by atoms with Gasteiger partial charge in [0.2, 0.25) is 11.8 Å². The Morgan fingerprint density at radius 1 is 1.03 bits per heavy atom. The average molecular weight is 392 g/mol. The van der Waals surface area contributed by atoms with Crippen LogP contribution in [0.2, 0.25) is 0 Å². The molecular weight excluding hydrogens is 364 g/mol.